The molecular formula is C18H19F2N3O. The number of carbonyl (C=O) groups is 1. The standard InChI is InChI=1S/C18H19F2N3O/c1-12-3-2-6-23(11-12)18(24)13-7-15(10-21-9-13)22-17-5-4-14(19)8-16(17)20/h4-5,7-10,12,22H,2-3,6,11H2,1H3. The largest absolute Gasteiger partial charge is 0.352 e. The molecule has 6 heteroatoms. The van der Waals surface area contributed by atoms with Crippen molar-refractivity contribution in [1.82, 2.24) is 9.88 Å². The number of hydrogen-bond acceptors (Lipinski definition) is 3. The smallest absolute Gasteiger partial charge is 0.255 e. The second kappa shape index (κ2) is 6.95. The van der Waals surface area contributed by atoms with Gasteiger partial charge in [0.25, 0.3) is 5.91 Å². The first kappa shape index (κ1) is 16.4. The molecular weight excluding hydrogens is 312 g/mol. The minimum absolute atomic E-state index is 0.0720. The molecule has 0 saturated carbocycles. The Hall–Kier alpha value is -2.50. The number of aromatic nitrogens is 1. The number of rotatable bonds is 3. The summed E-state index contributed by atoms with van der Waals surface area (Å²) in [6.07, 6.45) is 5.14. The van der Waals surface area contributed by atoms with E-state index < -0.39 is 11.6 Å². The fraction of sp³-hybridized carbons (Fsp3) is 0.333. The molecule has 0 spiro atoms. The molecule has 1 atom stereocenters. The van der Waals surface area contributed by atoms with Crippen LogP contribution < -0.4 is 5.32 Å². The van der Waals surface area contributed by atoms with Gasteiger partial charge in [-0.3, -0.25) is 9.78 Å². The Morgan fingerprint density at radius 3 is 2.88 bits per heavy atom. The number of piperidine rings is 1. The lowest BCUT2D eigenvalue weighted by Gasteiger charge is -2.31. The van der Waals surface area contributed by atoms with Crippen molar-refractivity contribution in [2.24, 2.45) is 5.92 Å². The topological polar surface area (TPSA) is 45.2 Å². The van der Waals surface area contributed by atoms with Gasteiger partial charge >= 0.3 is 0 Å². The summed E-state index contributed by atoms with van der Waals surface area (Å²) < 4.78 is 26.7. The summed E-state index contributed by atoms with van der Waals surface area (Å²) in [6, 6.07) is 4.92. The lowest BCUT2D eigenvalue weighted by Crippen LogP contribution is -2.39. The molecule has 1 unspecified atom stereocenters. The first-order valence-corrected chi connectivity index (χ1v) is 7.99. The molecule has 4 nitrogen and oxygen atoms in total. The molecule has 2 heterocycles. The molecule has 3 rings (SSSR count). The molecule has 1 amide bonds. The van der Waals surface area contributed by atoms with Gasteiger partial charge in [-0.1, -0.05) is 6.92 Å². The Morgan fingerprint density at radius 2 is 2.12 bits per heavy atom. The van der Waals surface area contributed by atoms with Gasteiger partial charge in [-0.15, -0.1) is 0 Å². The summed E-state index contributed by atoms with van der Waals surface area (Å²) in [5.74, 6) is -0.918. The van der Waals surface area contributed by atoms with Crippen molar-refractivity contribution in [3.63, 3.8) is 0 Å². The van der Waals surface area contributed by atoms with E-state index in [9.17, 15) is 13.6 Å². The van der Waals surface area contributed by atoms with Crippen LogP contribution >= 0.6 is 0 Å². The number of anilines is 2. The quantitative estimate of drug-likeness (QED) is 0.925. The predicted molar refractivity (Wildman–Crippen MR) is 88.2 cm³/mol. The summed E-state index contributed by atoms with van der Waals surface area (Å²) >= 11 is 0. The molecule has 0 bridgehead atoms. The predicted octanol–water partition coefficient (Wildman–Crippen LogP) is 3.98. The van der Waals surface area contributed by atoms with Crippen molar-refractivity contribution in [2.45, 2.75) is 19.8 Å². The van der Waals surface area contributed by atoms with Crippen LogP contribution in [0.2, 0.25) is 0 Å². The van der Waals surface area contributed by atoms with Crippen LogP contribution in [-0.2, 0) is 0 Å². The van der Waals surface area contributed by atoms with Crippen LogP contribution in [0.15, 0.2) is 36.7 Å². The lowest BCUT2D eigenvalue weighted by atomic mass is 10.00. The van der Waals surface area contributed by atoms with Crippen LogP contribution in [0, 0.1) is 17.6 Å². The molecule has 1 aromatic carbocycles. The van der Waals surface area contributed by atoms with E-state index >= 15 is 0 Å². The number of carbonyl (C=O) groups excluding carboxylic acids is 1. The molecule has 1 aromatic heterocycles. The van der Waals surface area contributed by atoms with Crippen molar-refractivity contribution in [2.75, 3.05) is 18.4 Å². The van der Waals surface area contributed by atoms with E-state index in [-0.39, 0.29) is 11.6 Å². The fourth-order valence-corrected chi connectivity index (χ4v) is 2.93. The molecule has 24 heavy (non-hydrogen) atoms. The van der Waals surface area contributed by atoms with E-state index in [1.165, 1.54) is 24.5 Å². The number of hydrogen-bond donors (Lipinski definition) is 1. The third-order valence-electron chi connectivity index (χ3n) is 4.14. The van der Waals surface area contributed by atoms with Crippen LogP contribution in [0.25, 0.3) is 0 Å². The van der Waals surface area contributed by atoms with Gasteiger partial charge in [0.2, 0.25) is 0 Å². The Bertz CT molecular complexity index is 751. The zero-order valence-corrected chi connectivity index (χ0v) is 13.4. The van der Waals surface area contributed by atoms with Gasteiger partial charge in [0.05, 0.1) is 23.1 Å². The van der Waals surface area contributed by atoms with Gasteiger partial charge in [-0.05, 0) is 37.0 Å². The van der Waals surface area contributed by atoms with E-state index in [1.807, 2.05) is 4.90 Å². The average Bonchev–Trinajstić information content (AvgIpc) is 2.57. The zero-order chi connectivity index (χ0) is 17.1. The van der Waals surface area contributed by atoms with Crippen molar-refractivity contribution in [1.29, 1.82) is 0 Å². The molecule has 126 valence electrons. The Balaban J connectivity index is 1.77. The minimum Gasteiger partial charge on any atom is -0.352 e. The van der Waals surface area contributed by atoms with Crippen LogP contribution in [0.3, 0.4) is 0 Å². The first-order valence-electron chi connectivity index (χ1n) is 7.99. The average molecular weight is 331 g/mol. The highest BCUT2D eigenvalue weighted by atomic mass is 19.1. The number of likely N-dealkylation sites (tertiary alicyclic amines) is 1. The molecule has 1 saturated heterocycles. The van der Waals surface area contributed by atoms with E-state index in [4.69, 9.17) is 0 Å². The number of amides is 1. The maximum absolute atomic E-state index is 13.7. The minimum atomic E-state index is -0.698. The molecule has 0 radical (unpaired) electrons. The zero-order valence-electron chi connectivity index (χ0n) is 13.4. The summed E-state index contributed by atoms with van der Waals surface area (Å²) in [5.41, 5.74) is 1.07. The number of benzene rings is 1. The van der Waals surface area contributed by atoms with E-state index in [1.54, 1.807) is 6.07 Å². The summed E-state index contributed by atoms with van der Waals surface area (Å²) in [7, 11) is 0. The summed E-state index contributed by atoms with van der Waals surface area (Å²) in [5, 5.41) is 2.83. The normalized spacial score (nSPS) is 17.6. The van der Waals surface area contributed by atoms with Crippen molar-refractivity contribution in [3.05, 3.63) is 53.9 Å². The third-order valence-corrected chi connectivity index (χ3v) is 4.14. The fourth-order valence-electron chi connectivity index (χ4n) is 2.93. The lowest BCUT2D eigenvalue weighted by molar-refractivity contribution is 0.0682. The molecule has 1 fully saturated rings. The van der Waals surface area contributed by atoms with Gasteiger partial charge in [-0.2, -0.15) is 0 Å². The van der Waals surface area contributed by atoms with Crippen molar-refractivity contribution < 1.29 is 13.6 Å². The van der Waals surface area contributed by atoms with Gasteiger partial charge < -0.3 is 10.2 Å². The highest BCUT2D eigenvalue weighted by Crippen LogP contribution is 2.22. The van der Waals surface area contributed by atoms with Gasteiger partial charge in [0, 0.05) is 25.4 Å². The highest BCUT2D eigenvalue weighted by molar-refractivity contribution is 5.95. The molecule has 1 N–H and O–H groups in total. The third kappa shape index (κ3) is 3.69. The van der Waals surface area contributed by atoms with Crippen LogP contribution in [-0.4, -0.2) is 28.9 Å². The number of halogens is 2. The Labute approximate surface area is 139 Å². The van der Waals surface area contributed by atoms with Gasteiger partial charge in [0.1, 0.15) is 11.6 Å². The van der Waals surface area contributed by atoms with Crippen molar-refractivity contribution in [3.8, 4) is 0 Å². The highest BCUT2D eigenvalue weighted by Gasteiger charge is 2.22. The maximum Gasteiger partial charge on any atom is 0.255 e. The number of nitrogens with one attached hydrogen (secondary N) is 1. The van der Waals surface area contributed by atoms with Crippen LogP contribution in [0.5, 0.6) is 0 Å². The second-order valence-corrected chi connectivity index (χ2v) is 6.21. The SMILES string of the molecule is CC1CCCN(C(=O)c2cncc(Nc3ccc(F)cc3F)c2)C1. The summed E-state index contributed by atoms with van der Waals surface area (Å²) in [4.78, 5) is 18.5. The van der Waals surface area contributed by atoms with Gasteiger partial charge in [0.15, 0.2) is 0 Å². The van der Waals surface area contributed by atoms with Crippen molar-refractivity contribution >= 4 is 17.3 Å². The van der Waals surface area contributed by atoms with E-state index in [2.05, 4.69) is 17.2 Å². The maximum atomic E-state index is 13.7. The number of nitrogens with zero attached hydrogens (tertiary/aromatic N) is 2. The van der Waals surface area contributed by atoms with E-state index in [0.717, 1.165) is 32.0 Å². The molecule has 0 aliphatic carbocycles. The van der Waals surface area contributed by atoms with Crippen LogP contribution in [0.1, 0.15) is 30.1 Å². The second-order valence-electron chi connectivity index (χ2n) is 6.21. The summed E-state index contributed by atoms with van der Waals surface area (Å²) in [6.45, 7) is 3.61. The van der Waals surface area contributed by atoms with Gasteiger partial charge in [-0.25, -0.2) is 8.78 Å². The van der Waals surface area contributed by atoms with Crippen LogP contribution in [0.4, 0.5) is 20.2 Å². The number of pyridine rings is 1. The molecule has 1 aliphatic rings. The monoisotopic (exact) mass is 331 g/mol. The Kier molecular flexibility index (Phi) is 4.74. The Morgan fingerprint density at radius 1 is 1.29 bits per heavy atom. The molecule has 2 aromatic rings. The van der Waals surface area contributed by atoms with E-state index in [0.29, 0.717) is 17.2 Å². The first-order chi connectivity index (χ1) is 11.5. The molecule has 1 aliphatic heterocycles.